The van der Waals surface area contributed by atoms with Crippen LogP contribution in [0.15, 0.2) is 30.3 Å². The van der Waals surface area contributed by atoms with Crippen LogP contribution in [0, 0.1) is 0 Å². The first-order chi connectivity index (χ1) is 6.83. The van der Waals surface area contributed by atoms with Gasteiger partial charge in [-0.3, -0.25) is 0 Å². The van der Waals surface area contributed by atoms with Crippen molar-refractivity contribution in [3.63, 3.8) is 0 Å². The van der Waals surface area contributed by atoms with Crippen LogP contribution in [0.25, 0.3) is 0 Å². The van der Waals surface area contributed by atoms with Gasteiger partial charge in [0.25, 0.3) is 0 Å². The van der Waals surface area contributed by atoms with Crippen molar-refractivity contribution in [2.45, 2.75) is 39.0 Å². The van der Waals surface area contributed by atoms with Crippen LogP contribution in [0.3, 0.4) is 0 Å². The van der Waals surface area contributed by atoms with Gasteiger partial charge in [-0.2, -0.15) is 0 Å². The molecule has 1 aromatic rings. The minimum Gasteiger partial charge on any atom is -0.0897 e. The quantitative estimate of drug-likeness (QED) is 0.497. The summed E-state index contributed by atoms with van der Waals surface area (Å²) in [5, 5.41) is 0. The summed E-state index contributed by atoms with van der Waals surface area (Å²) in [6, 6.07) is 10.7. The van der Waals surface area contributed by atoms with Gasteiger partial charge in [0.05, 0.1) is 0 Å². The minimum absolute atomic E-state index is 1.06. The lowest BCUT2D eigenvalue weighted by Crippen LogP contribution is -1.92. The van der Waals surface area contributed by atoms with Crippen molar-refractivity contribution in [3.05, 3.63) is 35.9 Å². The Morgan fingerprint density at radius 1 is 1.14 bits per heavy atom. The number of hydrogen-bond donors (Lipinski definition) is 0. The summed E-state index contributed by atoms with van der Waals surface area (Å²) in [7, 11) is 0. The molecule has 14 heavy (non-hydrogen) atoms. The molecule has 1 aromatic carbocycles. The van der Waals surface area contributed by atoms with Gasteiger partial charge in [-0.1, -0.05) is 49.5 Å². The van der Waals surface area contributed by atoms with Gasteiger partial charge >= 0.3 is 0 Å². The van der Waals surface area contributed by atoms with E-state index in [0.29, 0.717) is 0 Å². The number of hydrogen-bond acceptors (Lipinski definition) is 1. The van der Waals surface area contributed by atoms with Crippen LogP contribution >= 0.6 is 12.2 Å². The zero-order valence-corrected chi connectivity index (χ0v) is 9.65. The molecular weight excluding hydrogens is 188 g/mol. The smallest absolute Gasteiger partial charge is 0.00742 e. The van der Waals surface area contributed by atoms with Crippen molar-refractivity contribution in [2.75, 3.05) is 0 Å². The average molecular weight is 206 g/mol. The van der Waals surface area contributed by atoms with Gasteiger partial charge in [-0.25, -0.2) is 0 Å². The van der Waals surface area contributed by atoms with E-state index in [0.717, 1.165) is 12.8 Å². The molecule has 0 heterocycles. The molecular formula is C13H18S. The summed E-state index contributed by atoms with van der Waals surface area (Å²) in [5.74, 6) is 0. The first-order valence-electron chi connectivity index (χ1n) is 5.38. The largest absolute Gasteiger partial charge is 0.0897 e. The van der Waals surface area contributed by atoms with Gasteiger partial charge in [-0.15, -0.1) is 0 Å². The van der Waals surface area contributed by atoms with Crippen molar-refractivity contribution in [3.8, 4) is 0 Å². The number of thiocarbonyl (C=S) groups is 1. The second-order valence-corrected chi connectivity index (χ2v) is 4.16. The topological polar surface area (TPSA) is 0 Å². The molecule has 0 fully saturated rings. The maximum Gasteiger partial charge on any atom is -0.00742 e. The zero-order chi connectivity index (χ0) is 10.2. The minimum atomic E-state index is 1.06. The number of aryl methyl sites for hydroxylation is 1. The monoisotopic (exact) mass is 206 g/mol. The first-order valence-corrected chi connectivity index (χ1v) is 5.79. The van der Waals surface area contributed by atoms with E-state index >= 15 is 0 Å². The Morgan fingerprint density at radius 3 is 2.50 bits per heavy atom. The highest BCUT2D eigenvalue weighted by molar-refractivity contribution is 7.80. The van der Waals surface area contributed by atoms with Crippen molar-refractivity contribution in [2.24, 2.45) is 0 Å². The second kappa shape index (κ2) is 6.72. The van der Waals surface area contributed by atoms with Crippen LogP contribution in [0.1, 0.15) is 38.2 Å². The van der Waals surface area contributed by atoms with Gasteiger partial charge < -0.3 is 0 Å². The van der Waals surface area contributed by atoms with Crippen LogP contribution < -0.4 is 0 Å². The molecule has 0 saturated heterocycles. The standard InChI is InChI=1S/C13H18S/c1-2-13(14)11-7-6-10-12-8-4-3-5-9-12/h3-5,8-9H,2,6-7,10-11H2,1H3. The van der Waals surface area contributed by atoms with Crippen LogP contribution in [-0.4, -0.2) is 4.86 Å². The van der Waals surface area contributed by atoms with E-state index in [2.05, 4.69) is 37.3 Å². The maximum absolute atomic E-state index is 5.19. The molecule has 0 amide bonds. The fourth-order valence-corrected chi connectivity index (χ4v) is 1.62. The summed E-state index contributed by atoms with van der Waals surface area (Å²) in [6.07, 6.45) is 5.86. The molecule has 0 unspecified atom stereocenters. The Bertz CT molecular complexity index is 264. The molecule has 0 spiro atoms. The molecule has 0 nitrogen and oxygen atoms in total. The van der Waals surface area contributed by atoms with Crippen molar-refractivity contribution in [1.82, 2.24) is 0 Å². The normalized spacial score (nSPS) is 10.1. The van der Waals surface area contributed by atoms with Crippen LogP contribution in [0.5, 0.6) is 0 Å². The third-order valence-corrected chi connectivity index (χ3v) is 2.90. The highest BCUT2D eigenvalue weighted by Gasteiger charge is 1.95. The van der Waals surface area contributed by atoms with Gasteiger partial charge in [0.1, 0.15) is 0 Å². The number of rotatable bonds is 6. The van der Waals surface area contributed by atoms with Crippen molar-refractivity contribution < 1.29 is 0 Å². The second-order valence-electron chi connectivity index (χ2n) is 3.58. The zero-order valence-electron chi connectivity index (χ0n) is 8.83. The van der Waals surface area contributed by atoms with Crippen molar-refractivity contribution in [1.29, 1.82) is 0 Å². The summed E-state index contributed by atoms with van der Waals surface area (Å²) < 4.78 is 0. The molecule has 0 aliphatic heterocycles. The third kappa shape index (κ3) is 4.52. The van der Waals surface area contributed by atoms with E-state index in [1.54, 1.807) is 0 Å². The van der Waals surface area contributed by atoms with Gasteiger partial charge in [0.2, 0.25) is 0 Å². The molecule has 1 rings (SSSR count). The van der Waals surface area contributed by atoms with E-state index in [4.69, 9.17) is 12.2 Å². The Morgan fingerprint density at radius 2 is 1.86 bits per heavy atom. The van der Waals surface area contributed by atoms with Gasteiger partial charge in [0.15, 0.2) is 0 Å². The van der Waals surface area contributed by atoms with Crippen LogP contribution in [0.2, 0.25) is 0 Å². The molecule has 1 heteroatoms. The fraction of sp³-hybridized carbons (Fsp3) is 0.462. The van der Waals surface area contributed by atoms with Crippen LogP contribution in [-0.2, 0) is 6.42 Å². The summed E-state index contributed by atoms with van der Waals surface area (Å²) in [5.41, 5.74) is 1.44. The Balaban J connectivity index is 2.13. The molecule has 0 aliphatic rings. The summed E-state index contributed by atoms with van der Waals surface area (Å²) in [6.45, 7) is 2.14. The highest BCUT2D eigenvalue weighted by Crippen LogP contribution is 2.07. The molecule has 0 saturated carbocycles. The summed E-state index contributed by atoms with van der Waals surface area (Å²) >= 11 is 5.19. The van der Waals surface area contributed by atoms with Crippen LogP contribution in [0.4, 0.5) is 0 Å². The van der Waals surface area contributed by atoms with E-state index in [9.17, 15) is 0 Å². The molecule has 0 radical (unpaired) electrons. The molecule has 0 aliphatic carbocycles. The van der Waals surface area contributed by atoms with Gasteiger partial charge in [0, 0.05) is 0 Å². The van der Waals surface area contributed by atoms with E-state index in [-0.39, 0.29) is 0 Å². The lowest BCUT2D eigenvalue weighted by Gasteiger charge is -2.01. The van der Waals surface area contributed by atoms with Crippen molar-refractivity contribution >= 4 is 17.1 Å². The first kappa shape index (κ1) is 11.4. The maximum atomic E-state index is 5.19. The van der Waals surface area contributed by atoms with E-state index < -0.39 is 0 Å². The predicted molar refractivity (Wildman–Crippen MR) is 66.9 cm³/mol. The summed E-state index contributed by atoms with van der Waals surface area (Å²) in [4.78, 5) is 1.22. The predicted octanol–water partition coefficient (Wildman–Crippen LogP) is 4.18. The average Bonchev–Trinajstić information content (AvgIpc) is 2.25. The Kier molecular flexibility index (Phi) is 5.46. The lowest BCUT2D eigenvalue weighted by molar-refractivity contribution is 0.761. The number of unbranched alkanes of at least 4 members (excludes halogenated alkanes) is 1. The molecule has 0 aromatic heterocycles. The third-order valence-electron chi connectivity index (χ3n) is 2.41. The van der Waals surface area contributed by atoms with E-state index in [1.807, 2.05) is 0 Å². The molecule has 0 atom stereocenters. The fourth-order valence-electron chi connectivity index (χ4n) is 1.47. The number of benzene rings is 1. The Hall–Kier alpha value is -0.690. The highest BCUT2D eigenvalue weighted by atomic mass is 32.1. The van der Waals surface area contributed by atoms with E-state index in [1.165, 1.54) is 29.7 Å². The van der Waals surface area contributed by atoms with Gasteiger partial charge in [-0.05, 0) is 42.5 Å². The molecule has 0 bridgehead atoms. The molecule has 0 N–H and O–H groups in total. The Labute approximate surface area is 92.3 Å². The molecule has 76 valence electrons. The SMILES string of the molecule is CCC(=S)CCCCc1ccccc1. The lowest BCUT2D eigenvalue weighted by atomic mass is 10.1.